The first kappa shape index (κ1) is 26.8. The monoisotopic (exact) mass is 559 g/mol. The first-order chi connectivity index (χ1) is 14.5. The van der Waals surface area contributed by atoms with Gasteiger partial charge in [-0.05, 0) is 39.8 Å². The molecule has 8 nitrogen and oxygen atoms in total. The van der Waals surface area contributed by atoms with Crippen molar-refractivity contribution in [3.63, 3.8) is 0 Å². The van der Waals surface area contributed by atoms with E-state index in [4.69, 9.17) is 4.74 Å². The highest BCUT2D eigenvalue weighted by molar-refractivity contribution is 14.0. The third-order valence-electron chi connectivity index (χ3n) is 4.05. The van der Waals surface area contributed by atoms with E-state index < -0.39 is 0 Å². The third-order valence-corrected chi connectivity index (χ3v) is 5.37. The fraction of sp³-hybridized carbons (Fsp3) is 0.429. The lowest BCUT2D eigenvalue weighted by molar-refractivity contribution is 0.0531. The number of thiazole rings is 1. The van der Waals surface area contributed by atoms with Crippen molar-refractivity contribution in [1.29, 1.82) is 0 Å². The smallest absolute Gasteiger partial charge is 0.350 e. The molecule has 2 aromatic rings. The van der Waals surface area contributed by atoms with Gasteiger partial charge in [-0.1, -0.05) is 18.2 Å². The van der Waals surface area contributed by atoms with Gasteiger partial charge in [0.05, 0.1) is 24.9 Å². The summed E-state index contributed by atoms with van der Waals surface area (Å²) in [6.45, 7) is 9.38. The van der Waals surface area contributed by atoms with E-state index in [9.17, 15) is 9.59 Å². The van der Waals surface area contributed by atoms with Crippen LogP contribution in [0.2, 0.25) is 0 Å². The van der Waals surface area contributed by atoms with E-state index in [0.717, 1.165) is 5.01 Å². The van der Waals surface area contributed by atoms with Crippen LogP contribution in [0.3, 0.4) is 0 Å². The molecule has 0 saturated heterocycles. The Balaban J connectivity index is 0.00000480. The van der Waals surface area contributed by atoms with E-state index in [0.29, 0.717) is 48.3 Å². The summed E-state index contributed by atoms with van der Waals surface area (Å²) in [5.41, 5.74) is 1.28. The van der Waals surface area contributed by atoms with Gasteiger partial charge < -0.3 is 20.7 Å². The van der Waals surface area contributed by atoms with Crippen molar-refractivity contribution in [2.45, 2.75) is 33.7 Å². The van der Waals surface area contributed by atoms with Gasteiger partial charge >= 0.3 is 5.97 Å². The molecule has 1 heterocycles. The van der Waals surface area contributed by atoms with Crippen molar-refractivity contribution in [3.05, 3.63) is 51.5 Å². The summed E-state index contributed by atoms with van der Waals surface area (Å²) in [6.07, 6.45) is 0. The molecule has 3 N–H and O–H groups in total. The molecule has 1 aromatic heterocycles. The molecule has 10 heteroatoms. The number of nitrogens with one attached hydrogen (secondary N) is 3. The van der Waals surface area contributed by atoms with Gasteiger partial charge in [-0.2, -0.15) is 0 Å². The molecule has 170 valence electrons. The number of amides is 1. The molecule has 0 aliphatic rings. The van der Waals surface area contributed by atoms with Crippen molar-refractivity contribution in [1.82, 2.24) is 20.9 Å². The van der Waals surface area contributed by atoms with Crippen LogP contribution in [-0.4, -0.2) is 49.1 Å². The summed E-state index contributed by atoms with van der Waals surface area (Å²) >= 11 is 1.32. The number of halogens is 1. The van der Waals surface area contributed by atoms with Gasteiger partial charge in [0.15, 0.2) is 5.96 Å². The van der Waals surface area contributed by atoms with Gasteiger partial charge in [-0.25, -0.2) is 9.78 Å². The van der Waals surface area contributed by atoms with Gasteiger partial charge in [-0.3, -0.25) is 9.79 Å². The van der Waals surface area contributed by atoms with Crippen LogP contribution in [0.5, 0.6) is 0 Å². The number of aliphatic imine (C=N–C) groups is 1. The molecule has 0 aliphatic heterocycles. The van der Waals surface area contributed by atoms with Crippen LogP contribution in [0.25, 0.3) is 0 Å². The fourth-order valence-corrected chi connectivity index (χ4v) is 3.57. The maximum absolute atomic E-state index is 12.1. The Hall–Kier alpha value is -2.21. The van der Waals surface area contributed by atoms with Crippen molar-refractivity contribution < 1.29 is 14.3 Å². The third kappa shape index (κ3) is 8.44. The van der Waals surface area contributed by atoms with Crippen LogP contribution in [-0.2, 0) is 4.74 Å². The Morgan fingerprint density at radius 3 is 2.55 bits per heavy atom. The predicted octanol–water partition coefficient (Wildman–Crippen LogP) is 3.29. The summed E-state index contributed by atoms with van der Waals surface area (Å²) in [7, 11) is 0. The second-order valence-electron chi connectivity index (χ2n) is 6.44. The zero-order valence-corrected chi connectivity index (χ0v) is 21.4. The standard InChI is InChI=1S/C21H29N5O3S.HI/c1-5-22-21(24-13-12-23-18(27)16-10-8-7-9-11-16)26-15(4)19-25-14(3)17(30-19)20(28)29-6-2;/h7-11,15H,5-6,12-13H2,1-4H3,(H,23,27)(H2,22,24,26);1H. The van der Waals surface area contributed by atoms with Crippen LogP contribution < -0.4 is 16.0 Å². The minimum atomic E-state index is -0.347. The second-order valence-corrected chi connectivity index (χ2v) is 7.47. The van der Waals surface area contributed by atoms with E-state index in [-0.39, 0.29) is 41.9 Å². The van der Waals surface area contributed by atoms with Crippen LogP contribution in [0, 0.1) is 6.92 Å². The Morgan fingerprint density at radius 1 is 1.19 bits per heavy atom. The molecule has 0 radical (unpaired) electrons. The minimum absolute atomic E-state index is 0. The lowest BCUT2D eigenvalue weighted by Crippen LogP contribution is -2.39. The first-order valence-corrected chi connectivity index (χ1v) is 10.8. The second kappa shape index (κ2) is 14.0. The first-order valence-electron chi connectivity index (χ1n) is 9.98. The molecule has 1 unspecified atom stereocenters. The molecule has 1 amide bonds. The molecule has 0 bridgehead atoms. The number of benzene rings is 1. The van der Waals surface area contributed by atoms with Crippen molar-refractivity contribution >= 4 is 53.1 Å². The zero-order valence-electron chi connectivity index (χ0n) is 18.2. The number of hydrogen-bond donors (Lipinski definition) is 3. The Kier molecular flexibility index (Phi) is 12.1. The molecule has 0 saturated carbocycles. The quantitative estimate of drug-likeness (QED) is 0.143. The van der Waals surface area contributed by atoms with E-state index in [1.807, 2.05) is 32.0 Å². The lowest BCUT2D eigenvalue weighted by atomic mass is 10.2. The van der Waals surface area contributed by atoms with Crippen LogP contribution in [0.4, 0.5) is 0 Å². The van der Waals surface area contributed by atoms with Gasteiger partial charge in [0.1, 0.15) is 9.88 Å². The summed E-state index contributed by atoms with van der Waals surface area (Å²) in [4.78, 5) is 33.6. The maximum atomic E-state index is 12.1. The normalized spacial score (nSPS) is 11.8. The summed E-state index contributed by atoms with van der Waals surface area (Å²) in [5, 5.41) is 10.1. The number of ether oxygens (including phenoxy) is 1. The Morgan fingerprint density at radius 2 is 1.90 bits per heavy atom. The van der Waals surface area contributed by atoms with Crippen LogP contribution in [0.15, 0.2) is 35.3 Å². The highest BCUT2D eigenvalue weighted by Gasteiger charge is 2.20. The van der Waals surface area contributed by atoms with E-state index in [1.165, 1.54) is 11.3 Å². The number of guanidine groups is 1. The molecule has 1 atom stereocenters. The average Bonchev–Trinajstić information content (AvgIpc) is 3.14. The number of nitrogens with zero attached hydrogens (tertiary/aromatic N) is 2. The molecular formula is C21H30IN5O3S. The zero-order chi connectivity index (χ0) is 21.9. The number of carbonyl (C=O) groups excluding carboxylic acids is 2. The number of rotatable bonds is 9. The summed E-state index contributed by atoms with van der Waals surface area (Å²) in [6, 6.07) is 8.92. The largest absolute Gasteiger partial charge is 0.462 e. The number of hydrogen-bond acceptors (Lipinski definition) is 6. The number of aryl methyl sites for hydroxylation is 1. The van der Waals surface area contributed by atoms with Crippen molar-refractivity contribution in [2.24, 2.45) is 4.99 Å². The van der Waals surface area contributed by atoms with E-state index in [2.05, 4.69) is 25.9 Å². The SMILES string of the molecule is CCNC(=NCCNC(=O)c1ccccc1)NC(C)c1nc(C)c(C(=O)OCC)s1.I. The number of esters is 1. The van der Waals surface area contributed by atoms with Gasteiger partial charge in [0.25, 0.3) is 5.91 Å². The predicted molar refractivity (Wildman–Crippen MR) is 135 cm³/mol. The molecule has 0 spiro atoms. The molecule has 1 aromatic carbocycles. The van der Waals surface area contributed by atoms with E-state index >= 15 is 0 Å². The van der Waals surface area contributed by atoms with Gasteiger partial charge in [0, 0.05) is 18.7 Å². The molecule has 0 aliphatic carbocycles. The minimum Gasteiger partial charge on any atom is -0.462 e. The maximum Gasteiger partial charge on any atom is 0.350 e. The van der Waals surface area contributed by atoms with Crippen molar-refractivity contribution in [3.8, 4) is 0 Å². The average molecular weight is 559 g/mol. The molecule has 2 rings (SSSR count). The summed E-state index contributed by atoms with van der Waals surface area (Å²) < 4.78 is 5.08. The number of carbonyl (C=O) groups is 2. The Bertz CT molecular complexity index is 873. The van der Waals surface area contributed by atoms with E-state index in [1.54, 1.807) is 26.0 Å². The molecule has 0 fully saturated rings. The van der Waals surface area contributed by atoms with Gasteiger partial charge in [-0.15, -0.1) is 35.3 Å². The highest BCUT2D eigenvalue weighted by Crippen LogP contribution is 2.24. The molecular weight excluding hydrogens is 529 g/mol. The van der Waals surface area contributed by atoms with Crippen LogP contribution >= 0.6 is 35.3 Å². The fourth-order valence-electron chi connectivity index (χ4n) is 2.60. The molecule has 31 heavy (non-hydrogen) atoms. The Labute approximate surface area is 204 Å². The van der Waals surface area contributed by atoms with Gasteiger partial charge in [0.2, 0.25) is 0 Å². The number of aromatic nitrogens is 1. The van der Waals surface area contributed by atoms with Crippen molar-refractivity contribution in [2.75, 3.05) is 26.2 Å². The topological polar surface area (TPSA) is 105 Å². The lowest BCUT2D eigenvalue weighted by Gasteiger charge is -2.16. The summed E-state index contributed by atoms with van der Waals surface area (Å²) in [5.74, 6) is 0.145. The van der Waals surface area contributed by atoms with Crippen LogP contribution in [0.1, 0.15) is 57.5 Å². The highest BCUT2D eigenvalue weighted by atomic mass is 127.